The molecule has 0 saturated carbocycles. The van der Waals surface area contributed by atoms with E-state index in [9.17, 15) is 39.6 Å². The molecule has 4 N–H and O–H groups in total. The Labute approximate surface area is 216 Å². The Morgan fingerprint density at radius 1 is 0.949 bits per heavy atom. The molecule has 4 rings (SSSR count). The highest BCUT2D eigenvalue weighted by Crippen LogP contribution is 2.47. The average molecular weight is 572 g/mol. The molecule has 206 valence electrons. The van der Waals surface area contributed by atoms with Gasteiger partial charge in [-0.2, -0.15) is 26.3 Å². The summed E-state index contributed by atoms with van der Waals surface area (Å²) in [6.45, 7) is 0. The van der Waals surface area contributed by atoms with E-state index in [1.165, 1.54) is 30.3 Å². The van der Waals surface area contributed by atoms with Crippen molar-refractivity contribution in [2.75, 3.05) is 0 Å². The number of benzene rings is 3. The second-order valence-corrected chi connectivity index (χ2v) is 10.4. The van der Waals surface area contributed by atoms with E-state index in [4.69, 9.17) is 15.6 Å². The van der Waals surface area contributed by atoms with Crippen LogP contribution in [0.25, 0.3) is 10.9 Å². The van der Waals surface area contributed by atoms with Crippen molar-refractivity contribution < 1.29 is 49.4 Å². The van der Waals surface area contributed by atoms with Gasteiger partial charge in [0.1, 0.15) is 11.8 Å². The molecule has 14 heteroatoms. The molecule has 0 spiro atoms. The maximum atomic E-state index is 13.9. The molecule has 0 aliphatic carbocycles. The van der Waals surface area contributed by atoms with Gasteiger partial charge in [-0.1, -0.05) is 18.2 Å². The van der Waals surface area contributed by atoms with Gasteiger partial charge in [-0.3, -0.25) is 4.79 Å². The van der Waals surface area contributed by atoms with Gasteiger partial charge in [-0.15, -0.1) is 0 Å². The first-order chi connectivity index (χ1) is 18.1. The zero-order valence-electron chi connectivity index (χ0n) is 19.5. The summed E-state index contributed by atoms with van der Waals surface area (Å²) in [4.78, 5) is 13.4. The molecule has 0 radical (unpaired) electrons. The summed E-state index contributed by atoms with van der Waals surface area (Å²) >= 11 is 0. The van der Waals surface area contributed by atoms with Crippen molar-refractivity contribution in [3.63, 3.8) is 0 Å². The highest BCUT2D eigenvalue weighted by Gasteiger charge is 2.43. The fourth-order valence-corrected chi connectivity index (χ4v) is 5.33. The second kappa shape index (κ2) is 9.93. The van der Waals surface area contributed by atoms with E-state index < -0.39 is 68.8 Å². The van der Waals surface area contributed by atoms with Crippen molar-refractivity contribution >= 4 is 26.7 Å². The number of H-pyrrole nitrogens is 1. The first-order valence-corrected chi connectivity index (χ1v) is 12.5. The van der Waals surface area contributed by atoms with Crippen LogP contribution in [0.4, 0.5) is 26.3 Å². The van der Waals surface area contributed by atoms with Gasteiger partial charge in [-0.25, -0.2) is 8.42 Å². The summed E-state index contributed by atoms with van der Waals surface area (Å²) in [6.07, 6.45) is -10.3. The first kappa shape index (κ1) is 28.0. The molecule has 1 heterocycles. The van der Waals surface area contributed by atoms with Gasteiger partial charge in [-0.05, 0) is 54.4 Å². The van der Waals surface area contributed by atoms with Gasteiger partial charge >= 0.3 is 18.3 Å². The Morgan fingerprint density at radius 3 is 2.08 bits per heavy atom. The van der Waals surface area contributed by atoms with Gasteiger partial charge in [0.25, 0.3) is 0 Å². The zero-order chi connectivity index (χ0) is 28.8. The number of nitrogens with two attached hydrogens (primary N) is 1. The molecule has 0 aliphatic heterocycles. The van der Waals surface area contributed by atoms with Crippen LogP contribution < -0.4 is 10.5 Å². The van der Waals surface area contributed by atoms with Crippen molar-refractivity contribution in [3.8, 4) is 11.5 Å². The van der Waals surface area contributed by atoms with Crippen molar-refractivity contribution in [1.82, 2.24) is 4.98 Å². The maximum absolute atomic E-state index is 13.9. The molecular weight excluding hydrogens is 554 g/mol. The Morgan fingerprint density at radius 2 is 1.54 bits per heavy atom. The number of carbonyl (C=O) groups is 1. The summed E-state index contributed by atoms with van der Waals surface area (Å²) in [5, 5.41) is 8.91. The number of sulfone groups is 1. The molecule has 7 nitrogen and oxygen atoms in total. The monoisotopic (exact) mass is 572 g/mol. The number of halogens is 6. The summed E-state index contributed by atoms with van der Waals surface area (Å²) in [5.74, 6) is -3.69. The minimum absolute atomic E-state index is 0.0254. The zero-order valence-corrected chi connectivity index (χ0v) is 20.3. The number of fused-ring (bicyclic) bond motifs is 1. The summed E-state index contributed by atoms with van der Waals surface area (Å²) in [7, 11) is -4.11. The summed E-state index contributed by atoms with van der Waals surface area (Å²) < 4.78 is 115. The molecular formula is C25H18F6N2O5S. The molecule has 39 heavy (non-hydrogen) atoms. The van der Waals surface area contributed by atoms with Crippen LogP contribution in [-0.4, -0.2) is 30.5 Å². The number of rotatable bonds is 7. The normalized spacial score (nSPS) is 13.4. The van der Waals surface area contributed by atoms with E-state index in [1.54, 1.807) is 6.07 Å². The van der Waals surface area contributed by atoms with E-state index in [-0.39, 0.29) is 20.7 Å². The minimum Gasteiger partial charge on any atom is -0.480 e. The third-order valence-corrected chi connectivity index (χ3v) is 7.52. The molecule has 0 fully saturated rings. The van der Waals surface area contributed by atoms with Gasteiger partial charge < -0.3 is 20.6 Å². The molecule has 0 saturated heterocycles. The van der Waals surface area contributed by atoms with E-state index in [1.807, 2.05) is 0 Å². The van der Waals surface area contributed by atoms with Crippen LogP contribution in [0.15, 0.2) is 76.7 Å². The van der Waals surface area contributed by atoms with Crippen LogP contribution in [0.2, 0.25) is 0 Å². The lowest BCUT2D eigenvalue weighted by Crippen LogP contribution is -2.32. The predicted octanol–water partition coefficient (Wildman–Crippen LogP) is 5.79. The molecule has 0 amide bonds. The largest absolute Gasteiger partial charge is 0.480 e. The number of carboxylic acids is 1. The Hall–Kier alpha value is -4.04. The third kappa shape index (κ3) is 5.71. The Balaban J connectivity index is 1.86. The Bertz CT molecular complexity index is 1610. The SMILES string of the molecule is N[C@@H](Cc1cc(C(F)(F)F)c(Oc2ccc3[nH]cc(S(=O)(=O)c4ccccc4)c3c2)c(C(F)(F)F)c1)C(=O)O. The molecule has 1 aromatic heterocycles. The minimum atomic E-state index is -5.33. The lowest BCUT2D eigenvalue weighted by atomic mass is 9.98. The quantitative estimate of drug-likeness (QED) is 0.241. The van der Waals surface area contributed by atoms with Gasteiger partial charge in [0.2, 0.25) is 9.84 Å². The van der Waals surface area contributed by atoms with Crippen molar-refractivity contribution in [1.29, 1.82) is 0 Å². The predicted molar refractivity (Wildman–Crippen MR) is 126 cm³/mol. The van der Waals surface area contributed by atoms with Crippen LogP contribution in [-0.2, 0) is 33.4 Å². The standard InChI is InChI=1S/C25H18F6N2O5S/c26-24(27,28)17-8-13(10-19(32)23(34)35)9-18(25(29,30)31)22(17)38-14-6-7-20-16(11-14)21(12-33-20)39(36,37)15-4-2-1-3-5-15/h1-9,11-12,19,33H,10,32H2,(H,34,35)/t19-/m0/s1. The number of aromatic nitrogens is 1. The number of aromatic amines is 1. The lowest BCUT2D eigenvalue weighted by Gasteiger charge is -2.21. The average Bonchev–Trinajstić information content (AvgIpc) is 3.28. The number of carboxylic acid groups (broad SMARTS) is 1. The summed E-state index contributed by atoms with van der Waals surface area (Å²) in [5.41, 5.74) is 1.32. The van der Waals surface area contributed by atoms with Crippen molar-refractivity contribution in [3.05, 3.63) is 83.6 Å². The number of ether oxygens (including phenoxy) is 1. The number of hydrogen-bond donors (Lipinski definition) is 3. The molecule has 1 atom stereocenters. The number of alkyl halides is 6. The molecule has 4 aromatic rings. The van der Waals surface area contributed by atoms with Crippen LogP contribution in [0.1, 0.15) is 16.7 Å². The molecule has 0 aliphatic rings. The Kier molecular flexibility index (Phi) is 7.12. The number of nitrogens with one attached hydrogen (secondary N) is 1. The van der Waals surface area contributed by atoms with Gasteiger partial charge in [0.05, 0.1) is 20.9 Å². The van der Waals surface area contributed by atoms with E-state index in [2.05, 4.69) is 4.98 Å². The molecule has 3 aromatic carbocycles. The topological polar surface area (TPSA) is 122 Å². The summed E-state index contributed by atoms with van der Waals surface area (Å²) in [6, 6.07) is 9.49. The molecule has 0 unspecified atom stereocenters. The van der Waals surface area contributed by atoms with Crippen LogP contribution in [0, 0.1) is 0 Å². The van der Waals surface area contributed by atoms with Gasteiger partial charge in [0.15, 0.2) is 5.75 Å². The first-order valence-electron chi connectivity index (χ1n) is 11.0. The van der Waals surface area contributed by atoms with E-state index in [0.29, 0.717) is 12.1 Å². The van der Waals surface area contributed by atoms with Crippen LogP contribution in [0.3, 0.4) is 0 Å². The smallest absolute Gasteiger partial charge is 0.420 e. The van der Waals surface area contributed by atoms with E-state index in [0.717, 1.165) is 18.3 Å². The number of hydrogen-bond acceptors (Lipinski definition) is 5. The maximum Gasteiger partial charge on any atom is 0.420 e. The molecule has 0 bridgehead atoms. The highest BCUT2D eigenvalue weighted by molar-refractivity contribution is 7.91. The second-order valence-electron chi connectivity index (χ2n) is 8.44. The van der Waals surface area contributed by atoms with Crippen LogP contribution >= 0.6 is 0 Å². The fraction of sp³-hybridized carbons (Fsp3) is 0.160. The van der Waals surface area contributed by atoms with Crippen LogP contribution in [0.5, 0.6) is 11.5 Å². The van der Waals surface area contributed by atoms with E-state index >= 15 is 0 Å². The van der Waals surface area contributed by atoms with Crippen molar-refractivity contribution in [2.45, 2.75) is 34.6 Å². The highest BCUT2D eigenvalue weighted by atomic mass is 32.2. The lowest BCUT2D eigenvalue weighted by molar-refractivity contribution is -0.145. The third-order valence-electron chi connectivity index (χ3n) is 5.71. The van der Waals surface area contributed by atoms with Gasteiger partial charge in [0, 0.05) is 17.1 Å². The number of aliphatic carboxylic acids is 1. The fourth-order valence-electron chi connectivity index (χ4n) is 3.88. The van der Waals surface area contributed by atoms with Crippen molar-refractivity contribution in [2.24, 2.45) is 5.73 Å².